The minimum absolute atomic E-state index is 0.504. The highest BCUT2D eigenvalue weighted by molar-refractivity contribution is 5.60. The number of nitrogens with zero attached hydrogens (tertiary/aromatic N) is 2. The van der Waals surface area contributed by atoms with Crippen LogP contribution in [0.1, 0.15) is 6.92 Å². The fourth-order valence-electron chi connectivity index (χ4n) is 1.50. The van der Waals surface area contributed by atoms with Gasteiger partial charge in [0.2, 0.25) is 5.88 Å². The third-order valence-electron chi connectivity index (χ3n) is 2.26. The summed E-state index contributed by atoms with van der Waals surface area (Å²) in [5.41, 5.74) is 1.73. The highest BCUT2D eigenvalue weighted by Gasteiger charge is 2.03. The Labute approximate surface area is 100 Å². The molecule has 0 amide bonds. The van der Waals surface area contributed by atoms with Crippen LogP contribution in [0.25, 0.3) is 11.3 Å². The fraction of sp³-hybridized carbons (Fsp3) is 0.231. The van der Waals surface area contributed by atoms with Crippen LogP contribution in [0.2, 0.25) is 0 Å². The molecule has 17 heavy (non-hydrogen) atoms. The Kier molecular flexibility index (Phi) is 3.55. The van der Waals surface area contributed by atoms with Crippen molar-refractivity contribution in [3.05, 3.63) is 36.7 Å². The summed E-state index contributed by atoms with van der Waals surface area (Å²) >= 11 is 0. The molecule has 1 aromatic heterocycles. The van der Waals surface area contributed by atoms with Crippen LogP contribution >= 0.6 is 0 Å². The maximum absolute atomic E-state index is 5.45. The van der Waals surface area contributed by atoms with E-state index in [0.29, 0.717) is 12.5 Å². The summed E-state index contributed by atoms with van der Waals surface area (Å²) in [6.45, 7) is 2.60. The zero-order chi connectivity index (χ0) is 12.1. The van der Waals surface area contributed by atoms with Crippen LogP contribution in [0.3, 0.4) is 0 Å². The summed E-state index contributed by atoms with van der Waals surface area (Å²) in [6, 6.07) is 7.75. The molecule has 4 nitrogen and oxygen atoms in total. The summed E-state index contributed by atoms with van der Waals surface area (Å²) in [6.07, 6.45) is 3.28. The van der Waals surface area contributed by atoms with Gasteiger partial charge in [-0.3, -0.25) is 4.98 Å². The lowest BCUT2D eigenvalue weighted by Gasteiger charge is -2.06. The molecule has 0 unspecified atom stereocenters. The molecular formula is C13H14N2O2. The van der Waals surface area contributed by atoms with Gasteiger partial charge in [0, 0.05) is 5.56 Å². The summed E-state index contributed by atoms with van der Waals surface area (Å²) in [5.74, 6) is 1.33. The second-order valence-corrected chi connectivity index (χ2v) is 3.41. The Morgan fingerprint density at radius 2 is 2.12 bits per heavy atom. The minimum atomic E-state index is 0.504. The van der Waals surface area contributed by atoms with Crippen molar-refractivity contribution in [2.24, 2.45) is 0 Å². The van der Waals surface area contributed by atoms with Gasteiger partial charge in [-0.25, -0.2) is 4.98 Å². The number of hydrogen-bond acceptors (Lipinski definition) is 4. The molecule has 1 aromatic carbocycles. The largest absolute Gasteiger partial charge is 0.494 e. The summed E-state index contributed by atoms with van der Waals surface area (Å²) in [7, 11) is 1.57. The molecule has 0 saturated heterocycles. The van der Waals surface area contributed by atoms with Crippen molar-refractivity contribution in [3.63, 3.8) is 0 Å². The Balaban J connectivity index is 2.34. The van der Waals surface area contributed by atoms with Crippen LogP contribution in [-0.4, -0.2) is 23.7 Å². The fourth-order valence-corrected chi connectivity index (χ4v) is 1.50. The van der Waals surface area contributed by atoms with Crippen LogP contribution in [0, 0.1) is 0 Å². The van der Waals surface area contributed by atoms with E-state index in [1.54, 1.807) is 19.5 Å². The van der Waals surface area contributed by atoms with Gasteiger partial charge in [-0.2, -0.15) is 0 Å². The zero-order valence-corrected chi connectivity index (χ0v) is 9.88. The standard InChI is InChI=1S/C13H14N2O2/c1-3-17-11-6-4-5-10(7-11)12-8-14-9-13(15-12)16-2/h4-9H,3H2,1-2H3. The van der Waals surface area contributed by atoms with Crippen molar-refractivity contribution in [2.45, 2.75) is 6.92 Å². The lowest BCUT2D eigenvalue weighted by atomic mass is 10.1. The van der Waals surface area contributed by atoms with Crippen molar-refractivity contribution < 1.29 is 9.47 Å². The highest BCUT2D eigenvalue weighted by atomic mass is 16.5. The number of ether oxygens (including phenoxy) is 2. The molecule has 1 heterocycles. The summed E-state index contributed by atoms with van der Waals surface area (Å²) in [5, 5.41) is 0. The smallest absolute Gasteiger partial charge is 0.232 e. The highest BCUT2D eigenvalue weighted by Crippen LogP contribution is 2.22. The quantitative estimate of drug-likeness (QED) is 0.809. The van der Waals surface area contributed by atoms with Gasteiger partial charge in [0.15, 0.2) is 0 Å². The molecule has 0 N–H and O–H groups in total. The Hall–Kier alpha value is -2.10. The second-order valence-electron chi connectivity index (χ2n) is 3.41. The van der Waals surface area contributed by atoms with Crippen LogP contribution in [0.15, 0.2) is 36.7 Å². The molecule has 0 saturated carbocycles. The van der Waals surface area contributed by atoms with E-state index in [9.17, 15) is 0 Å². The number of methoxy groups -OCH3 is 1. The van der Waals surface area contributed by atoms with E-state index in [2.05, 4.69) is 9.97 Å². The number of hydrogen-bond donors (Lipinski definition) is 0. The minimum Gasteiger partial charge on any atom is -0.494 e. The molecule has 0 aliphatic rings. The van der Waals surface area contributed by atoms with Gasteiger partial charge in [-0.05, 0) is 19.1 Å². The van der Waals surface area contributed by atoms with E-state index < -0.39 is 0 Å². The monoisotopic (exact) mass is 230 g/mol. The van der Waals surface area contributed by atoms with Crippen molar-refractivity contribution in [3.8, 4) is 22.9 Å². The molecule has 0 fully saturated rings. The number of benzene rings is 1. The maximum Gasteiger partial charge on any atom is 0.232 e. The first-order valence-corrected chi connectivity index (χ1v) is 5.42. The summed E-state index contributed by atoms with van der Waals surface area (Å²) < 4.78 is 10.5. The van der Waals surface area contributed by atoms with E-state index in [1.807, 2.05) is 31.2 Å². The van der Waals surface area contributed by atoms with Gasteiger partial charge in [0.25, 0.3) is 0 Å². The molecule has 88 valence electrons. The van der Waals surface area contributed by atoms with Crippen molar-refractivity contribution in [2.75, 3.05) is 13.7 Å². The van der Waals surface area contributed by atoms with E-state index in [-0.39, 0.29) is 0 Å². The van der Waals surface area contributed by atoms with Crippen LogP contribution < -0.4 is 9.47 Å². The van der Waals surface area contributed by atoms with Gasteiger partial charge in [0.1, 0.15) is 5.75 Å². The van der Waals surface area contributed by atoms with Gasteiger partial charge >= 0.3 is 0 Å². The van der Waals surface area contributed by atoms with Gasteiger partial charge < -0.3 is 9.47 Å². The number of aromatic nitrogens is 2. The van der Waals surface area contributed by atoms with Gasteiger partial charge in [-0.15, -0.1) is 0 Å². The lowest BCUT2D eigenvalue weighted by Crippen LogP contribution is -1.93. The average molecular weight is 230 g/mol. The van der Waals surface area contributed by atoms with Crippen LogP contribution in [0.4, 0.5) is 0 Å². The molecule has 0 spiro atoms. The van der Waals surface area contributed by atoms with Crippen molar-refractivity contribution in [1.82, 2.24) is 9.97 Å². The predicted octanol–water partition coefficient (Wildman–Crippen LogP) is 2.55. The molecule has 0 bridgehead atoms. The van der Waals surface area contributed by atoms with Crippen LogP contribution in [0.5, 0.6) is 11.6 Å². The van der Waals surface area contributed by atoms with Gasteiger partial charge in [-0.1, -0.05) is 12.1 Å². The zero-order valence-electron chi connectivity index (χ0n) is 9.88. The first kappa shape index (κ1) is 11.4. The number of rotatable bonds is 4. The Morgan fingerprint density at radius 1 is 1.24 bits per heavy atom. The normalized spacial score (nSPS) is 10.0. The van der Waals surface area contributed by atoms with Crippen LogP contribution in [-0.2, 0) is 0 Å². The molecule has 2 rings (SSSR count). The first-order valence-electron chi connectivity index (χ1n) is 5.42. The molecular weight excluding hydrogens is 216 g/mol. The third-order valence-corrected chi connectivity index (χ3v) is 2.26. The molecule has 0 aliphatic heterocycles. The third kappa shape index (κ3) is 2.72. The van der Waals surface area contributed by atoms with E-state index in [1.165, 1.54) is 0 Å². The molecule has 0 aliphatic carbocycles. The SMILES string of the molecule is CCOc1cccc(-c2cncc(OC)n2)c1. The Bertz CT molecular complexity index is 500. The molecule has 4 heteroatoms. The predicted molar refractivity (Wildman–Crippen MR) is 65.2 cm³/mol. The average Bonchev–Trinajstić information content (AvgIpc) is 2.40. The maximum atomic E-state index is 5.45. The topological polar surface area (TPSA) is 44.2 Å². The lowest BCUT2D eigenvalue weighted by molar-refractivity contribution is 0.340. The first-order chi connectivity index (χ1) is 8.33. The van der Waals surface area contributed by atoms with Crippen molar-refractivity contribution >= 4 is 0 Å². The molecule has 2 aromatic rings. The van der Waals surface area contributed by atoms with E-state index >= 15 is 0 Å². The Morgan fingerprint density at radius 3 is 2.88 bits per heavy atom. The van der Waals surface area contributed by atoms with Crippen molar-refractivity contribution in [1.29, 1.82) is 0 Å². The van der Waals surface area contributed by atoms with E-state index in [4.69, 9.17) is 9.47 Å². The molecule has 0 atom stereocenters. The second kappa shape index (κ2) is 5.30. The summed E-state index contributed by atoms with van der Waals surface area (Å²) in [4.78, 5) is 8.40. The molecule has 0 radical (unpaired) electrons. The van der Waals surface area contributed by atoms with E-state index in [0.717, 1.165) is 17.0 Å². The van der Waals surface area contributed by atoms with Gasteiger partial charge in [0.05, 0.1) is 31.8 Å².